The Morgan fingerprint density at radius 1 is 0.947 bits per heavy atom. The molecule has 4 unspecified atom stereocenters. The van der Waals surface area contributed by atoms with Crippen LogP contribution in [0.4, 0.5) is 0 Å². The lowest BCUT2D eigenvalue weighted by Gasteiger charge is -2.27. The maximum atomic E-state index is 9.92. The van der Waals surface area contributed by atoms with Gasteiger partial charge >= 0.3 is 0 Å². The molecule has 0 aromatic rings. The molecule has 4 atom stereocenters. The molecule has 7 nitrogen and oxygen atoms in total. The molecular formula is C12H26O7. The molecule has 0 aromatic carbocycles. The summed E-state index contributed by atoms with van der Waals surface area (Å²) in [5, 5.41) is 36.7. The van der Waals surface area contributed by atoms with Gasteiger partial charge < -0.3 is 34.6 Å². The van der Waals surface area contributed by atoms with Crippen molar-refractivity contribution in [2.75, 3.05) is 39.6 Å². The summed E-state index contributed by atoms with van der Waals surface area (Å²) in [6, 6.07) is 0. The summed E-state index contributed by atoms with van der Waals surface area (Å²) in [4.78, 5) is 0. The maximum absolute atomic E-state index is 9.92. The van der Waals surface area contributed by atoms with Gasteiger partial charge in [0.15, 0.2) is 0 Å². The smallest absolute Gasteiger partial charge is 0.109 e. The Hall–Kier alpha value is -0.280. The molecule has 0 spiro atoms. The minimum atomic E-state index is -0.999. The number of aliphatic hydroxyl groups excluding tert-OH is 4. The molecule has 0 amide bonds. The first kappa shape index (κ1) is 18.7. The molecule has 19 heavy (non-hydrogen) atoms. The Morgan fingerprint density at radius 2 is 1.63 bits per heavy atom. The third-order valence-corrected chi connectivity index (χ3v) is 2.44. The summed E-state index contributed by atoms with van der Waals surface area (Å²) in [7, 11) is 0. The average Bonchev–Trinajstić information content (AvgIpc) is 2.39. The Labute approximate surface area is 113 Å². The van der Waals surface area contributed by atoms with E-state index < -0.39 is 24.4 Å². The zero-order valence-corrected chi connectivity index (χ0v) is 11.6. The van der Waals surface area contributed by atoms with Crippen molar-refractivity contribution in [3.63, 3.8) is 0 Å². The van der Waals surface area contributed by atoms with Crippen LogP contribution in [0.1, 0.15) is 13.8 Å². The Balaban J connectivity index is 3.91. The van der Waals surface area contributed by atoms with Crippen LogP contribution in [0.3, 0.4) is 0 Å². The quantitative estimate of drug-likeness (QED) is 0.323. The lowest BCUT2D eigenvalue weighted by atomic mass is 10.1. The zero-order chi connectivity index (χ0) is 14.7. The topological polar surface area (TPSA) is 109 Å². The van der Waals surface area contributed by atoms with E-state index in [-0.39, 0.29) is 39.6 Å². The van der Waals surface area contributed by atoms with Crippen LogP contribution in [0.5, 0.6) is 0 Å². The lowest BCUT2D eigenvalue weighted by Crippen LogP contribution is -2.42. The van der Waals surface area contributed by atoms with Crippen molar-refractivity contribution in [2.24, 2.45) is 0 Å². The van der Waals surface area contributed by atoms with Gasteiger partial charge in [0.05, 0.1) is 51.8 Å². The van der Waals surface area contributed by atoms with Crippen LogP contribution in [0.15, 0.2) is 0 Å². The Kier molecular flexibility index (Phi) is 11.4. The summed E-state index contributed by atoms with van der Waals surface area (Å²) in [5.41, 5.74) is 0. The Morgan fingerprint density at radius 3 is 2.16 bits per heavy atom. The largest absolute Gasteiger partial charge is 0.394 e. The molecule has 0 rings (SSSR count). The summed E-state index contributed by atoms with van der Waals surface area (Å²) in [6.45, 7) is 3.62. The second kappa shape index (κ2) is 11.5. The summed E-state index contributed by atoms with van der Waals surface area (Å²) in [5.74, 6) is 0. The highest BCUT2D eigenvalue weighted by Crippen LogP contribution is 2.08. The number of rotatable bonds is 12. The van der Waals surface area contributed by atoms with Crippen molar-refractivity contribution in [2.45, 2.75) is 38.3 Å². The van der Waals surface area contributed by atoms with Gasteiger partial charge in [0, 0.05) is 0 Å². The molecular weight excluding hydrogens is 256 g/mol. The summed E-state index contributed by atoms with van der Waals surface area (Å²) >= 11 is 0. The highest BCUT2D eigenvalue weighted by Gasteiger charge is 2.25. The molecule has 0 saturated heterocycles. The van der Waals surface area contributed by atoms with Gasteiger partial charge in [0.2, 0.25) is 0 Å². The van der Waals surface area contributed by atoms with Crippen LogP contribution in [0.25, 0.3) is 0 Å². The van der Waals surface area contributed by atoms with Gasteiger partial charge in [0.1, 0.15) is 12.2 Å². The zero-order valence-electron chi connectivity index (χ0n) is 11.6. The minimum Gasteiger partial charge on any atom is -0.394 e. The number of ether oxygens (including phenoxy) is 3. The van der Waals surface area contributed by atoms with Crippen molar-refractivity contribution in [3.8, 4) is 0 Å². The van der Waals surface area contributed by atoms with E-state index in [1.54, 1.807) is 13.8 Å². The van der Waals surface area contributed by atoms with Crippen LogP contribution < -0.4 is 0 Å². The van der Waals surface area contributed by atoms with Crippen LogP contribution in [0.2, 0.25) is 0 Å². The van der Waals surface area contributed by atoms with E-state index in [4.69, 9.17) is 29.5 Å². The fourth-order valence-electron chi connectivity index (χ4n) is 1.38. The number of hydrogen-bond acceptors (Lipinski definition) is 7. The van der Waals surface area contributed by atoms with Gasteiger partial charge in [-0.2, -0.15) is 0 Å². The predicted molar refractivity (Wildman–Crippen MR) is 67.8 cm³/mol. The van der Waals surface area contributed by atoms with Gasteiger partial charge in [-0.3, -0.25) is 0 Å². The third-order valence-electron chi connectivity index (χ3n) is 2.44. The van der Waals surface area contributed by atoms with Crippen molar-refractivity contribution in [3.05, 3.63) is 0 Å². The van der Waals surface area contributed by atoms with Gasteiger partial charge in [-0.1, -0.05) is 0 Å². The average molecular weight is 282 g/mol. The van der Waals surface area contributed by atoms with Gasteiger partial charge in [-0.15, -0.1) is 0 Å². The van der Waals surface area contributed by atoms with E-state index in [9.17, 15) is 5.11 Å². The normalized spacial score (nSPS) is 18.0. The molecule has 0 aliphatic carbocycles. The molecule has 0 saturated carbocycles. The molecule has 116 valence electrons. The third kappa shape index (κ3) is 9.28. The lowest BCUT2D eigenvalue weighted by molar-refractivity contribution is -0.132. The molecule has 4 N–H and O–H groups in total. The maximum Gasteiger partial charge on any atom is 0.109 e. The van der Waals surface area contributed by atoms with Gasteiger partial charge in [-0.05, 0) is 13.8 Å². The van der Waals surface area contributed by atoms with Crippen molar-refractivity contribution >= 4 is 0 Å². The number of hydrogen-bond donors (Lipinski definition) is 4. The molecule has 0 bridgehead atoms. The van der Waals surface area contributed by atoms with Gasteiger partial charge in [0.25, 0.3) is 0 Å². The SMILES string of the molecule is CC(O)COC(C)C(O)C(CO)OCCOCCO. The first-order valence-corrected chi connectivity index (χ1v) is 6.41. The molecule has 0 aliphatic rings. The fourth-order valence-corrected chi connectivity index (χ4v) is 1.38. The summed E-state index contributed by atoms with van der Waals surface area (Å²) in [6.07, 6.45) is -2.96. The van der Waals surface area contributed by atoms with Crippen molar-refractivity contribution < 1.29 is 34.6 Å². The van der Waals surface area contributed by atoms with Crippen LogP contribution in [-0.2, 0) is 14.2 Å². The van der Waals surface area contributed by atoms with Crippen molar-refractivity contribution in [1.29, 1.82) is 0 Å². The molecule has 0 heterocycles. The molecule has 7 heteroatoms. The highest BCUT2D eigenvalue weighted by atomic mass is 16.6. The molecule has 0 aliphatic heterocycles. The van der Waals surface area contributed by atoms with E-state index in [2.05, 4.69) is 0 Å². The second-order valence-corrected chi connectivity index (χ2v) is 4.31. The van der Waals surface area contributed by atoms with Gasteiger partial charge in [-0.25, -0.2) is 0 Å². The standard InChI is InChI=1S/C12H26O7/c1-9(15)8-19-10(2)12(16)11(7-14)18-6-5-17-4-3-13/h9-16H,3-8H2,1-2H3. The summed E-state index contributed by atoms with van der Waals surface area (Å²) < 4.78 is 15.5. The van der Waals surface area contributed by atoms with E-state index >= 15 is 0 Å². The first-order valence-electron chi connectivity index (χ1n) is 6.41. The molecule has 0 fully saturated rings. The Bertz CT molecular complexity index is 201. The van der Waals surface area contributed by atoms with E-state index in [1.807, 2.05) is 0 Å². The highest BCUT2D eigenvalue weighted by molar-refractivity contribution is 4.74. The van der Waals surface area contributed by atoms with E-state index in [0.29, 0.717) is 0 Å². The first-order chi connectivity index (χ1) is 9.02. The monoisotopic (exact) mass is 282 g/mol. The van der Waals surface area contributed by atoms with E-state index in [1.165, 1.54) is 0 Å². The number of aliphatic hydroxyl groups is 4. The van der Waals surface area contributed by atoms with E-state index in [0.717, 1.165) is 0 Å². The molecule has 0 radical (unpaired) electrons. The van der Waals surface area contributed by atoms with Crippen molar-refractivity contribution in [1.82, 2.24) is 0 Å². The second-order valence-electron chi connectivity index (χ2n) is 4.31. The molecule has 0 aromatic heterocycles. The minimum absolute atomic E-state index is 0.0593. The fraction of sp³-hybridized carbons (Fsp3) is 1.00. The van der Waals surface area contributed by atoms with Crippen LogP contribution in [-0.4, -0.2) is 84.5 Å². The van der Waals surface area contributed by atoms with Crippen LogP contribution in [0, 0.1) is 0 Å². The predicted octanol–water partition coefficient (Wildman–Crippen LogP) is -1.48. The van der Waals surface area contributed by atoms with Crippen LogP contribution >= 0.6 is 0 Å².